The standard InChI is InChI=1S/C19H21N3O4/c1-3-5-17(23)21-15-10-8-13(9-11-15)19(25)22-20-12-14-6-4-7-16(26-2)18(14)24/h4,6-12,24H,3,5H2,1-2H3,(H,21,23)(H,22,25)/b20-12-. The molecule has 7 heteroatoms. The third-order valence-corrected chi connectivity index (χ3v) is 3.53. The molecule has 0 spiro atoms. The monoisotopic (exact) mass is 355 g/mol. The van der Waals surface area contributed by atoms with Crippen LogP contribution in [0.15, 0.2) is 47.6 Å². The Hall–Kier alpha value is -3.35. The van der Waals surface area contributed by atoms with Crippen molar-refractivity contribution in [2.24, 2.45) is 5.10 Å². The first kappa shape index (κ1) is 19.0. The number of hydrogen-bond donors (Lipinski definition) is 3. The topological polar surface area (TPSA) is 100 Å². The molecule has 7 nitrogen and oxygen atoms in total. The highest BCUT2D eigenvalue weighted by molar-refractivity contribution is 5.96. The number of aromatic hydroxyl groups is 1. The summed E-state index contributed by atoms with van der Waals surface area (Å²) in [6, 6.07) is 11.5. The number of carbonyl (C=O) groups is 2. The number of phenolic OH excluding ortho intramolecular Hbond substituents is 1. The van der Waals surface area contributed by atoms with Gasteiger partial charge in [0.05, 0.1) is 13.3 Å². The number of phenols is 1. The zero-order chi connectivity index (χ0) is 18.9. The van der Waals surface area contributed by atoms with E-state index in [1.54, 1.807) is 42.5 Å². The minimum Gasteiger partial charge on any atom is -0.504 e. The van der Waals surface area contributed by atoms with Gasteiger partial charge in [-0.3, -0.25) is 9.59 Å². The summed E-state index contributed by atoms with van der Waals surface area (Å²) < 4.78 is 5.01. The molecule has 0 saturated heterocycles. The second-order valence-electron chi connectivity index (χ2n) is 5.47. The van der Waals surface area contributed by atoms with Gasteiger partial charge < -0.3 is 15.2 Å². The molecular weight excluding hydrogens is 334 g/mol. The number of methoxy groups -OCH3 is 1. The van der Waals surface area contributed by atoms with Crippen LogP contribution in [0.2, 0.25) is 0 Å². The second kappa shape index (κ2) is 9.22. The van der Waals surface area contributed by atoms with Crippen LogP contribution in [-0.2, 0) is 4.79 Å². The highest BCUT2D eigenvalue weighted by Gasteiger charge is 2.07. The van der Waals surface area contributed by atoms with Crippen LogP contribution >= 0.6 is 0 Å². The molecule has 0 aliphatic rings. The molecule has 0 fully saturated rings. The lowest BCUT2D eigenvalue weighted by molar-refractivity contribution is -0.116. The maximum absolute atomic E-state index is 12.1. The predicted octanol–water partition coefficient (Wildman–Crippen LogP) is 2.90. The van der Waals surface area contributed by atoms with Gasteiger partial charge in [0.25, 0.3) is 5.91 Å². The molecule has 0 heterocycles. The molecule has 2 aromatic carbocycles. The van der Waals surface area contributed by atoms with Crippen LogP contribution in [0.4, 0.5) is 5.69 Å². The summed E-state index contributed by atoms with van der Waals surface area (Å²) in [6.07, 6.45) is 2.55. The van der Waals surface area contributed by atoms with E-state index in [9.17, 15) is 14.7 Å². The van der Waals surface area contributed by atoms with E-state index < -0.39 is 5.91 Å². The Morgan fingerprint density at radius 1 is 1.19 bits per heavy atom. The molecule has 0 unspecified atom stereocenters. The molecule has 2 amide bonds. The molecule has 2 aromatic rings. The summed E-state index contributed by atoms with van der Waals surface area (Å²) in [6.45, 7) is 1.93. The van der Waals surface area contributed by atoms with E-state index in [2.05, 4.69) is 15.8 Å². The molecule has 0 radical (unpaired) electrons. The van der Waals surface area contributed by atoms with Gasteiger partial charge >= 0.3 is 0 Å². The fraction of sp³-hybridized carbons (Fsp3) is 0.211. The van der Waals surface area contributed by atoms with Gasteiger partial charge in [0, 0.05) is 23.2 Å². The lowest BCUT2D eigenvalue weighted by Crippen LogP contribution is -2.17. The first-order valence-electron chi connectivity index (χ1n) is 8.14. The van der Waals surface area contributed by atoms with Crippen molar-refractivity contribution in [3.05, 3.63) is 53.6 Å². The molecule has 0 bridgehead atoms. The second-order valence-corrected chi connectivity index (χ2v) is 5.47. The van der Waals surface area contributed by atoms with Crippen molar-refractivity contribution in [3.63, 3.8) is 0 Å². The largest absolute Gasteiger partial charge is 0.504 e. The number of amides is 2. The van der Waals surface area contributed by atoms with Crippen molar-refractivity contribution in [3.8, 4) is 11.5 Å². The van der Waals surface area contributed by atoms with Crippen LogP contribution in [-0.4, -0.2) is 30.2 Å². The van der Waals surface area contributed by atoms with Crippen molar-refractivity contribution < 1.29 is 19.4 Å². The number of hydrazone groups is 1. The van der Waals surface area contributed by atoms with Gasteiger partial charge in [-0.25, -0.2) is 5.43 Å². The van der Waals surface area contributed by atoms with Crippen LogP contribution in [0.1, 0.15) is 35.7 Å². The summed E-state index contributed by atoms with van der Waals surface area (Å²) in [5.74, 6) is -0.205. The van der Waals surface area contributed by atoms with E-state index >= 15 is 0 Å². The maximum atomic E-state index is 12.1. The van der Waals surface area contributed by atoms with Crippen molar-refractivity contribution in [2.45, 2.75) is 19.8 Å². The number of rotatable bonds is 7. The summed E-state index contributed by atoms with van der Waals surface area (Å²) in [5.41, 5.74) is 3.82. The number of nitrogens with one attached hydrogen (secondary N) is 2. The minimum atomic E-state index is -0.407. The summed E-state index contributed by atoms with van der Waals surface area (Å²) in [5, 5.41) is 16.5. The Kier molecular flexibility index (Phi) is 6.73. The Morgan fingerprint density at radius 3 is 2.58 bits per heavy atom. The highest BCUT2D eigenvalue weighted by atomic mass is 16.5. The maximum Gasteiger partial charge on any atom is 0.271 e. The lowest BCUT2D eigenvalue weighted by Gasteiger charge is -2.06. The van der Waals surface area contributed by atoms with Gasteiger partial charge in [-0.2, -0.15) is 5.10 Å². The van der Waals surface area contributed by atoms with Crippen LogP contribution in [0.3, 0.4) is 0 Å². The molecule has 0 saturated carbocycles. The lowest BCUT2D eigenvalue weighted by atomic mass is 10.2. The number of benzene rings is 2. The summed E-state index contributed by atoms with van der Waals surface area (Å²) in [4.78, 5) is 23.6. The summed E-state index contributed by atoms with van der Waals surface area (Å²) >= 11 is 0. The molecule has 0 aliphatic heterocycles. The fourth-order valence-corrected chi connectivity index (χ4v) is 2.19. The van der Waals surface area contributed by atoms with Crippen molar-refractivity contribution in [1.82, 2.24) is 5.43 Å². The van der Waals surface area contributed by atoms with E-state index in [1.165, 1.54) is 13.3 Å². The third-order valence-electron chi connectivity index (χ3n) is 3.53. The number of hydrogen-bond acceptors (Lipinski definition) is 5. The average molecular weight is 355 g/mol. The minimum absolute atomic E-state index is 0.0554. The van der Waals surface area contributed by atoms with Crippen LogP contribution < -0.4 is 15.5 Å². The molecule has 3 N–H and O–H groups in total. The molecule has 136 valence electrons. The van der Waals surface area contributed by atoms with Crippen molar-refractivity contribution >= 4 is 23.7 Å². The Bertz CT molecular complexity index is 801. The first-order chi connectivity index (χ1) is 12.5. The quantitative estimate of drug-likeness (QED) is 0.525. The normalized spacial score (nSPS) is 10.5. The predicted molar refractivity (Wildman–Crippen MR) is 99.7 cm³/mol. The van der Waals surface area contributed by atoms with Gasteiger partial charge in [0.2, 0.25) is 5.91 Å². The summed E-state index contributed by atoms with van der Waals surface area (Å²) in [7, 11) is 1.45. The van der Waals surface area contributed by atoms with Crippen LogP contribution in [0.25, 0.3) is 0 Å². The van der Waals surface area contributed by atoms with Gasteiger partial charge in [0.1, 0.15) is 0 Å². The van der Waals surface area contributed by atoms with E-state index in [1.807, 2.05) is 6.92 Å². The Balaban J connectivity index is 1.96. The van der Waals surface area contributed by atoms with E-state index in [0.29, 0.717) is 29.0 Å². The smallest absolute Gasteiger partial charge is 0.271 e. The van der Waals surface area contributed by atoms with Gasteiger partial charge in [-0.05, 0) is 42.8 Å². The van der Waals surface area contributed by atoms with Crippen molar-refractivity contribution in [1.29, 1.82) is 0 Å². The van der Waals surface area contributed by atoms with E-state index in [-0.39, 0.29) is 11.7 Å². The molecule has 2 rings (SSSR count). The van der Waals surface area contributed by atoms with Crippen molar-refractivity contribution in [2.75, 3.05) is 12.4 Å². The molecular formula is C19H21N3O4. The Morgan fingerprint density at radius 2 is 1.92 bits per heavy atom. The van der Waals surface area contributed by atoms with Crippen LogP contribution in [0, 0.1) is 0 Å². The SMILES string of the molecule is CCCC(=O)Nc1ccc(C(=O)N/N=C\c2cccc(OC)c2O)cc1. The number of ether oxygens (including phenoxy) is 1. The number of nitrogens with zero attached hydrogens (tertiary/aromatic N) is 1. The average Bonchev–Trinajstić information content (AvgIpc) is 2.64. The molecule has 0 aliphatic carbocycles. The zero-order valence-electron chi connectivity index (χ0n) is 14.7. The molecule has 26 heavy (non-hydrogen) atoms. The first-order valence-corrected chi connectivity index (χ1v) is 8.14. The fourth-order valence-electron chi connectivity index (χ4n) is 2.19. The zero-order valence-corrected chi connectivity index (χ0v) is 14.7. The number of para-hydroxylation sites is 1. The number of anilines is 1. The highest BCUT2D eigenvalue weighted by Crippen LogP contribution is 2.27. The van der Waals surface area contributed by atoms with Gasteiger partial charge in [-0.15, -0.1) is 0 Å². The van der Waals surface area contributed by atoms with E-state index in [4.69, 9.17) is 4.74 Å². The number of carbonyl (C=O) groups excluding carboxylic acids is 2. The van der Waals surface area contributed by atoms with Crippen LogP contribution in [0.5, 0.6) is 11.5 Å². The van der Waals surface area contributed by atoms with E-state index in [0.717, 1.165) is 6.42 Å². The van der Waals surface area contributed by atoms with Gasteiger partial charge in [-0.1, -0.05) is 13.0 Å². The Labute approximate surface area is 151 Å². The third kappa shape index (κ3) is 5.07. The molecule has 0 aromatic heterocycles. The molecule has 0 atom stereocenters. The van der Waals surface area contributed by atoms with Gasteiger partial charge in [0.15, 0.2) is 11.5 Å².